The van der Waals surface area contributed by atoms with Crippen molar-refractivity contribution in [2.24, 2.45) is 0 Å². The smallest absolute Gasteiger partial charge is 0.358 e. The van der Waals surface area contributed by atoms with E-state index in [1.165, 1.54) is 21.1 Å². The van der Waals surface area contributed by atoms with E-state index < -0.39 is 21.9 Å². The van der Waals surface area contributed by atoms with Crippen molar-refractivity contribution >= 4 is 27.6 Å². The first-order valence-corrected chi connectivity index (χ1v) is 13.1. The van der Waals surface area contributed by atoms with Gasteiger partial charge in [-0.3, -0.25) is 4.79 Å². The van der Waals surface area contributed by atoms with Crippen LogP contribution in [-0.2, 0) is 14.8 Å². The van der Waals surface area contributed by atoms with Crippen molar-refractivity contribution in [2.75, 3.05) is 25.0 Å². The van der Waals surface area contributed by atoms with Gasteiger partial charge in [0.05, 0.1) is 17.2 Å². The van der Waals surface area contributed by atoms with Crippen LogP contribution >= 0.6 is 0 Å². The summed E-state index contributed by atoms with van der Waals surface area (Å²) in [6.45, 7) is 2.97. The maximum Gasteiger partial charge on any atom is 0.358 e. The number of sulfonamides is 1. The summed E-state index contributed by atoms with van der Waals surface area (Å²) in [5.74, 6) is -0.937. The molecule has 184 valence electrons. The number of carbonyl (C=O) groups is 2. The Morgan fingerprint density at radius 1 is 1.00 bits per heavy atom. The summed E-state index contributed by atoms with van der Waals surface area (Å²) in [6.07, 6.45) is 5.36. The number of rotatable bonds is 7. The van der Waals surface area contributed by atoms with Crippen LogP contribution in [0, 0.1) is 0 Å². The number of anilines is 1. The largest absolute Gasteiger partial charge is 0.461 e. The molecule has 9 nitrogen and oxygen atoms in total. The minimum absolute atomic E-state index is 0.115. The zero-order chi connectivity index (χ0) is 24.8. The van der Waals surface area contributed by atoms with E-state index >= 15 is 0 Å². The number of amides is 1. The molecule has 1 N–H and O–H groups in total. The van der Waals surface area contributed by atoms with E-state index in [2.05, 4.69) is 10.4 Å². The minimum Gasteiger partial charge on any atom is -0.461 e. The van der Waals surface area contributed by atoms with Gasteiger partial charge in [-0.05, 0) is 62.2 Å². The van der Waals surface area contributed by atoms with Gasteiger partial charge in [0.1, 0.15) is 0 Å². The van der Waals surface area contributed by atoms with Crippen molar-refractivity contribution in [3.05, 3.63) is 72.1 Å². The van der Waals surface area contributed by atoms with Crippen LogP contribution in [0.4, 0.5) is 5.69 Å². The molecular formula is C25H28N4O5S. The molecule has 0 bridgehead atoms. The molecule has 1 aliphatic heterocycles. The molecule has 35 heavy (non-hydrogen) atoms. The van der Waals surface area contributed by atoms with Crippen LogP contribution in [0.5, 0.6) is 0 Å². The van der Waals surface area contributed by atoms with Crippen molar-refractivity contribution in [3.63, 3.8) is 0 Å². The predicted molar refractivity (Wildman–Crippen MR) is 131 cm³/mol. The van der Waals surface area contributed by atoms with E-state index in [0.717, 1.165) is 25.7 Å². The number of hydrogen-bond acceptors (Lipinski definition) is 6. The number of aromatic nitrogens is 2. The maximum atomic E-state index is 13.1. The monoisotopic (exact) mass is 496 g/mol. The fourth-order valence-corrected chi connectivity index (χ4v) is 5.50. The van der Waals surface area contributed by atoms with Gasteiger partial charge in [0, 0.05) is 30.5 Å². The highest BCUT2D eigenvalue weighted by atomic mass is 32.2. The van der Waals surface area contributed by atoms with Gasteiger partial charge >= 0.3 is 5.97 Å². The standard InChI is InChI=1S/C25H28N4O5S/c1-2-34-25(31)23-13-16-29(27-23)21-11-8-10-20(18-21)26-24(30)19-9-7-12-22(17-19)35(32,33)28-14-5-3-4-6-15-28/h7-13,16-18H,2-6,14-15H2,1H3,(H,26,30). The third kappa shape index (κ3) is 5.77. The van der Waals surface area contributed by atoms with Crippen molar-refractivity contribution in [1.29, 1.82) is 0 Å². The number of benzene rings is 2. The van der Waals surface area contributed by atoms with Gasteiger partial charge in [-0.25, -0.2) is 17.9 Å². The molecule has 2 heterocycles. The van der Waals surface area contributed by atoms with Crippen LogP contribution in [0.15, 0.2) is 65.7 Å². The number of ether oxygens (including phenoxy) is 1. The molecule has 0 aliphatic carbocycles. The van der Waals surface area contributed by atoms with Gasteiger partial charge in [-0.15, -0.1) is 0 Å². The number of hydrogen-bond donors (Lipinski definition) is 1. The second-order valence-electron chi connectivity index (χ2n) is 8.22. The van der Waals surface area contributed by atoms with Crippen molar-refractivity contribution < 1.29 is 22.7 Å². The average Bonchev–Trinajstić information content (AvgIpc) is 3.19. The predicted octanol–water partition coefficient (Wildman–Crippen LogP) is 3.87. The SMILES string of the molecule is CCOC(=O)c1ccn(-c2cccc(NC(=O)c3cccc(S(=O)(=O)N4CCCCCC4)c3)c2)n1. The first-order chi connectivity index (χ1) is 16.9. The molecule has 1 fully saturated rings. The van der Waals surface area contributed by atoms with Crippen molar-refractivity contribution in [1.82, 2.24) is 14.1 Å². The minimum atomic E-state index is -3.66. The lowest BCUT2D eigenvalue weighted by Gasteiger charge is -2.20. The van der Waals surface area contributed by atoms with E-state index in [4.69, 9.17) is 4.74 Å². The van der Waals surface area contributed by atoms with Crippen LogP contribution in [0.25, 0.3) is 5.69 Å². The van der Waals surface area contributed by atoms with Crippen LogP contribution in [0.3, 0.4) is 0 Å². The number of nitrogens with one attached hydrogen (secondary N) is 1. The molecule has 3 aromatic rings. The van der Waals surface area contributed by atoms with E-state index in [1.54, 1.807) is 55.6 Å². The lowest BCUT2D eigenvalue weighted by Crippen LogP contribution is -2.32. The summed E-state index contributed by atoms with van der Waals surface area (Å²) < 4.78 is 34.2. The fraction of sp³-hybridized carbons (Fsp3) is 0.320. The van der Waals surface area contributed by atoms with Gasteiger partial charge in [-0.2, -0.15) is 9.40 Å². The Morgan fingerprint density at radius 2 is 1.74 bits per heavy atom. The molecule has 10 heteroatoms. The first-order valence-electron chi connectivity index (χ1n) is 11.6. The molecule has 4 rings (SSSR count). The summed E-state index contributed by atoms with van der Waals surface area (Å²) >= 11 is 0. The zero-order valence-electron chi connectivity index (χ0n) is 19.5. The van der Waals surface area contributed by atoms with Crippen LogP contribution in [0.1, 0.15) is 53.5 Å². The molecule has 1 amide bonds. The lowest BCUT2D eigenvalue weighted by atomic mass is 10.2. The van der Waals surface area contributed by atoms with E-state index in [-0.39, 0.29) is 22.8 Å². The van der Waals surface area contributed by atoms with Crippen LogP contribution < -0.4 is 5.32 Å². The summed E-state index contributed by atoms with van der Waals surface area (Å²) in [7, 11) is -3.66. The molecule has 1 aromatic heterocycles. The maximum absolute atomic E-state index is 13.1. The van der Waals surface area contributed by atoms with Crippen LogP contribution in [-0.4, -0.2) is 54.1 Å². The average molecular weight is 497 g/mol. The number of nitrogens with zero attached hydrogens (tertiary/aromatic N) is 3. The Balaban J connectivity index is 1.50. The highest BCUT2D eigenvalue weighted by Gasteiger charge is 2.25. The van der Waals surface area contributed by atoms with Gasteiger partial charge in [0.15, 0.2) is 5.69 Å². The quantitative estimate of drug-likeness (QED) is 0.497. The van der Waals surface area contributed by atoms with E-state index in [0.29, 0.717) is 24.5 Å². The molecule has 0 saturated carbocycles. The number of esters is 1. The van der Waals surface area contributed by atoms with E-state index in [1.807, 2.05) is 0 Å². The van der Waals surface area contributed by atoms with Gasteiger partial charge < -0.3 is 10.1 Å². The summed E-state index contributed by atoms with van der Waals surface area (Å²) in [6, 6.07) is 14.6. The third-order valence-electron chi connectivity index (χ3n) is 5.74. The zero-order valence-corrected chi connectivity index (χ0v) is 20.3. The van der Waals surface area contributed by atoms with Crippen molar-refractivity contribution in [3.8, 4) is 5.69 Å². The molecule has 1 aliphatic rings. The summed E-state index contributed by atoms with van der Waals surface area (Å²) in [5, 5.41) is 7.03. The summed E-state index contributed by atoms with van der Waals surface area (Å²) in [5.41, 5.74) is 1.57. The van der Waals surface area contributed by atoms with Crippen LogP contribution in [0.2, 0.25) is 0 Å². The van der Waals surface area contributed by atoms with Gasteiger partial charge in [0.25, 0.3) is 5.91 Å². The number of carbonyl (C=O) groups excluding carboxylic acids is 2. The molecule has 0 radical (unpaired) electrons. The molecule has 0 unspecified atom stereocenters. The molecular weight excluding hydrogens is 468 g/mol. The second-order valence-corrected chi connectivity index (χ2v) is 10.2. The van der Waals surface area contributed by atoms with E-state index in [9.17, 15) is 18.0 Å². The summed E-state index contributed by atoms with van der Waals surface area (Å²) in [4.78, 5) is 24.9. The fourth-order valence-electron chi connectivity index (χ4n) is 3.94. The molecule has 0 atom stereocenters. The lowest BCUT2D eigenvalue weighted by molar-refractivity contribution is 0.0518. The van der Waals surface area contributed by atoms with Gasteiger partial charge in [0.2, 0.25) is 10.0 Å². The third-order valence-corrected chi connectivity index (χ3v) is 7.64. The topological polar surface area (TPSA) is 111 Å². The van der Waals surface area contributed by atoms with Crippen molar-refractivity contribution in [2.45, 2.75) is 37.5 Å². The molecule has 1 saturated heterocycles. The Kier molecular flexibility index (Phi) is 7.62. The second kappa shape index (κ2) is 10.8. The molecule has 0 spiro atoms. The molecule has 2 aromatic carbocycles. The normalized spacial score (nSPS) is 14.8. The Bertz CT molecular complexity index is 1310. The first kappa shape index (κ1) is 24.6. The Labute approximate surface area is 204 Å². The Morgan fingerprint density at radius 3 is 2.49 bits per heavy atom. The highest BCUT2D eigenvalue weighted by Crippen LogP contribution is 2.22. The Hall–Kier alpha value is -3.50. The van der Waals surface area contributed by atoms with Gasteiger partial charge in [-0.1, -0.05) is 25.0 Å². The highest BCUT2D eigenvalue weighted by molar-refractivity contribution is 7.89.